The van der Waals surface area contributed by atoms with Gasteiger partial charge in [-0.05, 0) is 31.6 Å². The molecule has 0 aromatic carbocycles. The molecule has 3 unspecified atom stereocenters. The molecule has 0 saturated heterocycles. The average molecular weight is 203 g/mol. The summed E-state index contributed by atoms with van der Waals surface area (Å²) in [4.78, 5) is 0. The van der Waals surface area contributed by atoms with Gasteiger partial charge in [0.1, 0.15) is 0 Å². The van der Waals surface area contributed by atoms with Crippen molar-refractivity contribution >= 4 is 11.6 Å². The molecule has 0 aliphatic heterocycles. The molecule has 0 aromatic rings. The fraction of sp³-hybridized carbons (Fsp3) is 1.00. The van der Waals surface area contributed by atoms with Crippen LogP contribution in [-0.4, -0.2) is 5.38 Å². The lowest BCUT2D eigenvalue weighted by Crippen LogP contribution is -2.10. The van der Waals surface area contributed by atoms with Gasteiger partial charge in [0.25, 0.3) is 0 Å². The fourth-order valence-electron chi connectivity index (χ4n) is 2.56. The first-order valence-corrected chi connectivity index (χ1v) is 6.31. The number of halogens is 1. The Morgan fingerprint density at radius 3 is 2.62 bits per heavy atom. The molecule has 0 nitrogen and oxygen atoms in total. The van der Waals surface area contributed by atoms with Crippen molar-refractivity contribution in [1.82, 2.24) is 0 Å². The van der Waals surface area contributed by atoms with E-state index in [-0.39, 0.29) is 0 Å². The van der Waals surface area contributed by atoms with E-state index >= 15 is 0 Å². The van der Waals surface area contributed by atoms with E-state index in [4.69, 9.17) is 11.6 Å². The summed E-state index contributed by atoms with van der Waals surface area (Å²) in [7, 11) is 0. The topological polar surface area (TPSA) is 0 Å². The summed E-state index contributed by atoms with van der Waals surface area (Å²) in [6.45, 7) is 4.46. The molecule has 1 aliphatic carbocycles. The van der Waals surface area contributed by atoms with E-state index in [1.807, 2.05) is 0 Å². The van der Waals surface area contributed by atoms with Crippen LogP contribution >= 0.6 is 11.6 Å². The zero-order chi connectivity index (χ0) is 9.68. The lowest BCUT2D eigenvalue weighted by molar-refractivity contribution is 0.405. The van der Waals surface area contributed by atoms with Crippen LogP contribution < -0.4 is 0 Å². The third-order valence-electron chi connectivity index (χ3n) is 3.48. The van der Waals surface area contributed by atoms with Crippen LogP contribution in [0.1, 0.15) is 58.8 Å². The van der Waals surface area contributed by atoms with E-state index in [2.05, 4.69) is 13.8 Å². The Morgan fingerprint density at radius 1 is 1.23 bits per heavy atom. The lowest BCUT2D eigenvalue weighted by atomic mass is 9.93. The minimum Gasteiger partial charge on any atom is -0.123 e. The van der Waals surface area contributed by atoms with Gasteiger partial charge in [0, 0.05) is 5.38 Å². The van der Waals surface area contributed by atoms with Crippen molar-refractivity contribution in [1.29, 1.82) is 0 Å². The smallest absolute Gasteiger partial charge is 0.0336 e. The van der Waals surface area contributed by atoms with Crippen LogP contribution in [-0.2, 0) is 0 Å². The molecule has 13 heavy (non-hydrogen) atoms. The maximum absolute atomic E-state index is 6.15. The molecular formula is C12H23Cl. The van der Waals surface area contributed by atoms with E-state index in [0.29, 0.717) is 5.38 Å². The molecular weight excluding hydrogens is 180 g/mol. The predicted molar refractivity (Wildman–Crippen MR) is 60.3 cm³/mol. The Hall–Kier alpha value is 0.290. The standard InChI is InChI=1S/C12H23Cl/c1-3-5-11-6-4-7-12(9-8-11)10(2)13/h10-12H,3-9H2,1-2H3. The molecule has 0 heterocycles. The SMILES string of the molecule is CCCC1CCCC(C(C)Cl)CC1. The Bertz CT molecular complexity index is 131. The second kappa shape index (κ2) is 5.90. The summed E-state index contributed by atoms with van der Waals surface area (Å²) >= 11 is 6.15. The van der Waals surface area contributed by atoms with Crippen molar-refractivity contribution in [2.45, 2.75) is 64.2 Å². The summed E-state index contributed by atoms with van der Waals surface area (Å²) in [6, 6.07) is 0. The molecule has 0 bridgehead atoms. The van der Waals surface area contributed by atoms with Gasteiger partial charge < -0.3 is 0 Å². The molecule has 0 amide bonds. The van der Waals surface area contributed by atoms with Crippen LogP contribution in [0.4, 0.5) is 0 Å². The van der Waals surface area contributed by atoms with Gasteiger partial charge in [-0.15, -0.1) is 11.6 Å². The third kappa shape index (κ3) is 3.89. The summed E-state index contributed by atoms with van der Waals surface area (Å²) in [6.07, 6.45) is 9.81. The van der Waals surface area contributed by atoms with Crippen molar-refractivity contribution in [2.24, 2.45) is 11.8 Å². The highest BCUT2D eigenvalue weighted by Crippen LogP contribution is 2.32. The molecule has 0 radical (unpaired) electrons. The Morgan fingerprint density at radius 2 is 2.00 bits per heavy atom. The first kappa shape index (κ1) is 11.4. The van der Waals surface area contributed by atoms with Gasteiger partial charge >= 0.3 is 0 Å². The van der Waals surface area contributed by atoms with Crippen molar-refractivity contribution in [2.75, 3.05) is 0 Å². The van der Waals surface area contributed by atoms with Crippen LogP contribution in [0.25, 0.3) is 0 Å². The number of hydrogen-bond donors (Lipinski definition) is 0. The van der Waals surface area contributed by atoms with Gasteiger partial charge in [-0.25, -0.2) is 0 Å². The lowest BCUT2D eigenvalue weighted by Gasteiger charge is -2.16. The molecule has 1 heteroatoms. The van der Waals surface area contributed by atoms with Gasteiger partial charge in [0.05, 0.1) is 0 Å². The molecule has 1 fully saturated rings. The molecule has 0 aromatic heterocycles. The highest BCUT2D eigenvalue weighted by atomic mass is 35.5. The van der Waals surface area contributed by atoms with Crippen molar-refractivity contribution in [3.63, 3.8) is 0 Å². The van der Waals surface area contributed by atoms with Crippen molar-refractivity contribution in [3.8, 4) is 0 Å². The Labute approximate surface area is 88.1 Å². The zero-order valence-electron chi connectivity index (χ0n) is 9.06. The monoisotopic (exact) mass is 202 g/mol. The van der Waals surface area contributed by atoms with Gasteiger partial charge in [-0.3, -0.25) is 0 Å². The van der Waals surface area contributed by atoms with Crippen LogP contribution in [0, 0.1) is 11.8 Å². The Kier molecular flexibility index (Phi) is 5.16. The highest BCUT2D eigenvalue weighted by molar-refractivity contribution is 6.20. The maximum atomic E-state index is 6.15. The molecule has 3 atom stereocenters. The van der Waals surface area contributed by atoms with Crippen LogP contribution in [0.3, 0.4) is 0 Å². The molecule has 1 aliphatic rings. The first-order valence-electron chi connectivity index (χ1n) is 5.88. The van der Waals surface area contributed by atoms with Gasteiger partial charge in [-0.1, -0.05) is 39.0 Å². The van der Waals surface area contributed by atoms with Gasteiger partial charge in [-0.2, -0.15) is 0 Å². The highest BCUT2D eigenvalue weighted by Gasteiger charge is 2.21. The van der Waals surface area contributed by atoms with Crippen molar-refractivity contribution < 1.29 is 0 Å². The summed E-state index contributed by atoms with van der Waals surface area (Å²) < 4.78 is 0. The van der Waals surface area contributed by atoms with Crippen molar-refractivity contribution in [3.05, 3.63) is 0 Å². The summed E-state index contributed by atoms with van der Waals surface area (Å²) in [5.41, 5.74) is 0. The minimum absolute atomic E-state index is 0.389. The fourth-order valence-corrected chi connectivity index (χ4v) is 2.82. The average Bonchev–Trinajstić information content (AvgIpc) is 2.30. The number of rotatable bonds is 3. The van der Waals surface area contributed by atoms with E-state index in [1.54, 1.807) is 0 Å². The largest absolute Gasteiger partial charge is 0.123 e. The predicted octanol–water partition coefficient (Wildman–Crippen LogP) is 4.61. The van der Waals surface area contributed by atoms with E-state index in [9.17, 15) is 0 Å². The normalized spacial score (nSPS) is 32.5. The van der Waals surface area contributed by atoms with Crippen LogP contribution in [0.5, 0.6) is 0 Å². The summed E-state index contributed by atoms with van der Waals surface area (Å²) in [5, 5.41) is 0.389. The first-order chi connectivity index (χ1) is 6.24. The van der Waals surface area contributed by atoms with E-state index in [0.717, 1.165) is 11.8 Å². The Balaban J connectivity index is 2.30. The quantitative estimate of drug-likeness (QED) is 0.463. The second-order valence-electron chi connectivity index (χ2n) is 4.60. The number of alkyl halides is 1. The minimum atomic E-state index is 0.389. The number of hydrogen-bond acceptors (Lipinski definition) is 0. The van der Waals surface area contributed by atoms with E-state index < -0.39 is 0 Å². The molecule has 1 rings (SSSR count). The maximum Gasteiger partial charge on any atom is 0.0336 e. The molecule has 0 N–H and O–H groups in total. The molecule has 1 saturated carbocycles. The zero-order valence-corrected chi connectivity index (χ0v) is 9.82. The van der Waals surface area contributed by atoms with Crippen LogP contribution in [0.2, 0.25) is 0 Å². The van der Waals surface area contributed by atoms with E-state index in [1.165, 1.54) is 44.9 Å². The second-order valence-corrected chi connectivity index (χ2v) is 5.29. The molecule has 78 valence electrons. The molecule has 0 spiro atoms. The van der Waals surface area contributed by atoms with Gasteiger partial charge in [0.15, 0.2) is 0 Å². The third-order valence-corrected chi connectivity index (χ3v) is 3.84. The summed E-state index contributed by atoms with van der Waals surface area (Å²) in [5.74, 6) is 1.80. The van der Waals surface area contributed by atoms with Crippen LogP contribution in [0.15, 0.2) is 0 Å². The van der Waals surface area contributed by atoms with Gasteiger partial charge in [0.2, 0.25) is 0 Å².